The number of amides is 2. The Hall–Kier alpha value is -1.10. The van der Waals surface area contributed by atoms with Crippen LogP contribution in [-0.2, 0) is 9.59 Å². The summed E-state index contributed by atoms with van der Waals surface area (Å²) in [6.45, 7) is 8.95. The lowest BCUT2D eigenvalue weighted by molar-refractivity contribution is -0.130. The van der Waals surface area contributed by atoms with Crippen LogP contribution in [0.15, 0.2) is 0 Å². The fourth-order valence-corrected chi connectivity index (χ4v) is 1.53. The summed E-state index contributed by atoms with van der Waals surface area (Å²) in [7, 11) is 0. The maximum Gasteiger partial charge on any atom is 0.242 e. The van der Waals surface area contributed by atoms with Gasteiger partial charge in [0.05, 0.1) is 0 Å². The molecule has 2 amide bonds. The smallest absolute Gasteiger partial charge is 0.242 e. The molecule has 0 aliphatic heterocycles. The molecule has 0 saturated heterocycles. The molecule has 0 radical (unpaired) electrons. The van der Waals surface area contributed by atoms with Crippen LogP contribution in [0, 0.1) is 11.8 Å². The van der Waals surface area contributed by atoms with Gasteiger partial charge in [-0.2, -0.15) is 0 Å². The SMILES string of the molecule is CC(C)CNC(=O)C(CCCCN)NC(=O)C(C)C. The van der Waals surface area contributed by atoms with Crippen LogP contribution >= 0.6 is 0 Å². The molecule has 0 aliphatic carbocycles. The van der Waals surface area contributed by atoms with E-state index in [0.717, 1.165) is 12.8 Å². The normalized spacial score (nSPS) is 12.6. The third-order valence-corrected chi connectivity index (χ3v) is 2.79. The van der Waals surface area contributed by atoms with Gasteiger partial charge in [-0.25, -0.2) is 0 Å². The monoisotopic (exact) mass is 271 g/mol. The van der Waals surface area contributed by atoms with E-state index in [1.807, 2.05) is 27.7 Å². The van der Waals surface area contributed by atoms with Gasteiger partial charge in [-0.3, -0.25) is 9.59 Å². The summed E-state index contributed by atoms with van der Waals surface area (Å²) in [6.07, 6.45) is 2.35. The number of rotatable bonds is 9. The Kier molecular flexibility index (Phi) is 9.21. The van der Waals surface area contributed by atoms with Crippen LogP contribution < -0.4 is 16.4 Å². The summed E-state index contributed by atoms with van der Waals surface area (Å²) in [6, 6.07) is -0.444. The van der Waals surface area contributed by atoms with Crippen molar-refractivity contribution < 1.29 is 9.59 Å². The third kappa shape index (κ3) is 8.59. The van der Waals surface area contributed by atoms with Gasteiger partial charge in [0.2, 0.25) is 11.8 Å². The fraction of sp³-hybridized carbons (Fsp3) is 0.857. The lowest BCUT2D eigenvalue weighted by Crippen LogP contribution is -2.48. The van der Waals surface area contributed by atoms with Crippen LogP contribution in [0.25, 0.3) is 0 Å². The van der Waals surface area contributed by atoms with Gasteiger partial charge in [-0.15, -0.1) is 0 Å². The summed E-state index contributed by atoms with van der Waals surface area (Å²) in [5.41, 5.74) is 5.45. The average Bonchev–Trinajstić information content (AvgIpc) is 2.34. The van der Waals surface area contributed by atoms with E-state index in [1.165, 1.54) is 0 Å². The Morgan fingerprint density at radius 1 is 1.05 bits per heavy atom. The van der Waals surface area contributed by atoms with E-state index in [2.05, 4.69) is 10.6 Å². The molecule has 0 aliphatic rings. The van der Waals surface area contributed by atoms with Crippen LogP contribution in [0.2, 0.25) is 0 Å². The van der Waals surface area contributed by atoms with Crippen molar-refractivity contribution in [3.05, 3.63) is 0 Å². The number of unbranched alkanes of at least 4 members (excludes halogenated alkanes) is 1. The maximum absolute atomic E-state index is 12.0. The summed E-state index contributed by atoms with van der Waals surface area (Å²) in [5, 5.41) is 5.68. The molecule has 0 fully saturated rings. The molecule has 0 aromatic heterocycles. The van der Waals surface area contributed by atoms with Crippen molar-refractivity contribution in [2.75, 3.05) is 13.1 Å². The van der Waals surface area contributed by atoms with Crippen molar-refractivity contribution in [2.24, 2.45) is 17.6 Å². The minimum Gasteiger partial charge on any atom is -0.354 e. The van der Waals surface area contributed by atoms with E-state index >= 15 is 0 Å². The van der Waals surface area contributed by atoms with E-state index in [-0.39, 0.29) is 17.7 Å². The number of carbonyl (C=O) groups is 2. The molecule has 112 valence electrons. The second kappa shape index (κ2) is 9.78. The Morgan fingerprint density at radius 3 is 2.16 bits per heavy atom. The van der Waals surface area contributed by atoms with Gasteiger partial charge in [0, 0.05) is 12.5 Å². The van der Waals surface area contributed by atoms with Crippen molar-refractivity contribution in [3.8, 4) is 0 Å². The van der Waals surface area contributed by atoms with E-state index in [0.29, 0.717) is 25.4 Å². The van der Waals surface area contributed by atoms with Gasteiger partial charge in [0.25, 0.3) is 0 Å². The molecule has 0 aromatic rings. The summed E-state index contributed by atoms with van der Waals surface area (Å²) in [5.74, 6) is 0.0986. The first kappa shape index (κ1) is 17.9. The van der Waals surface area contributed by atoms with Gasteiger partial charge in [0.15, 0.2) is 0 Å². The molecular weight excluding hydrogens is 242 g/mol. The van der Waals surface area contributed by atoms with Crippen LogP contribution in [0.3, 0.4) is 0 Å². The highest BCUT2D eigenvalue weighted by Crippen LogP contribution is 2.03. The molecule has 0 bridgehead atoms. The first-order valence-electron chi connectivity index (χ1n) is 7.16. The van der Waals surface area contributed by atoms with Crippen LogP contribution in [-0.4, -0.2) is 30.9 Å². The van der Waals surface area contributed by atoms with Crippen LogP contribution in [0.4, 0.5) is 0 Å². The zero-order valence-electron chi connectivity index (χ0n) is 12.7. The molecule has 1 atom stereocenters. The minimum absolute atomic E-state index is 0.0857. The van der Waals surface area contributed by atoms with Crippen molar-refractivity contribution in [2.45, 2.75) is 53.0 Å². The van der Waals surface area contributed by atoms with Gasteiger partial charge in [0.1, 0.15) is 6.04 Å². The standard InChI is InChI=1S/C14H29N3O2/c1-10(2)9-16-14(19)12(7-5-6-8-15)17-13(18)11(3)4/h10-12H,5-9,15H2,1-4H3,(H,16,19)(H,17,18). The van der Waals surface area contributed by atoms with Crippen LogP contribution in [0.5, 0.6) is 0 Å². The molecule has 19 heavy (non-hydrogen) atoms. The number of nitrogens with one attached hydrogen (secondary N) is 2. The Balaban J connectivity index is 4.38. The highest BCUT2D eigenvalue weighted by atomic mass is 16.2. The Morgan fingerprint density at radius 2 is 1.68 bits per heavy atom. The topological polar surface area (TPSA) is 84.2 Å². The molecule has 0 heterocycles. The Labute approximate surface area is 116 Å². The summed E-state index contributed by atoms with van der Waals surface area (Å²) < 4.78 is 0. The largest absolute Gasteiger partial charge is 0.354 e. The number of carbonyl (C=O) groups excluding carboxylic acids is 2. The first-order valence-corrected chi connectivity index (χ1v) is 7.16. The zero-order chi connectivity index (χ0) is 14.8. The van der Waals surface area contributed by atoms with E-state index in [4.69, 9.17) is 5.73 Å². The quantitative estimate of drug-likeness (QED) is 0.548. The average molecular weight is 271 g/mol. The molecular formula is C14H29N3O2. The molecule has 0 rings (SSSR count). The van der Waals surface area contributed by atoms with Gasteiger partial charge >= 0.3 is 0 Å². The molecule has 5 heteroatoms. The number of hydrogen-bond donors (Lipinski definition) is 3. The molecule has 4 N–H and O–H groups in total. The second-order valence-corrected chi connectivity index (χ2v) is 5.64. The molecule has 0 spiro atoms. The predicted octanol–water partition coefficient (Wildman–Crippen LogP) is 1.03. The maximum atomic E-state index is 12.0. The highest BCUT2D eigenvalue weighted by molar-refractivity contribution is 5.88. The number of hydrogen-bond acceptors (Lipinski definition) is 3. The van der Waals surface area contributed by atoms with Crippen molar-refractivity contribution in [1.82, 2.24) is 10.6 Å². The van der Waals surface area contributed by atoms with Gasteiger partial charge in [-0.1, -0.05) is 27.7 Å². The summed E-state index contributed by atoms with van der Waals surface area (Å²) in [4.78, 5) is 23.8. The fourth-order valence-electron chi connectivity index (χ4n) is 1.53. The van der Waals surface area contributed by atoms with Crippen LogP contribution in [0.1, 0.15) is 47.0 Å². The summed E-state index contributed by atoms with van der Waals surface area (Å²) >= 11 is 0. The van der Waals surface area contributed by atoms with Crippen molar-refractivity contribution in [1.29, 1.82) is 0 Å². The van der Waals surface area contributed by atoms with E-state index in [9.17, 15) is 9.59 Å². The van der Waals surface area contributed by atoms with Gasteiger partial charge < -0.3 is 16.4 Å². The Bertz CT molecular complexity index is 278. The molecule has 5 nitrogen and oxygen atoms in total. The van der Waals surface area contributed by atoms with E-state index in [1.54, 1.807) is 0 Å². The first-order chi connectivity index (χ1) is 8.88. The van der Waals surface area contributed by atoms with Crippen molar-refractivity contribution >= 4 is 11.8 Å². The highest BCUT2D eigenvalue weighted by Gasteiger charge is 2.21. The molecule has 0 saturated carbocycles. The lowest BCUT2D eigenvalue weighted by atomic mass is 10.1. The zero-order valence-corrected chi connectivity index (χ0v) is 12.7. The van der Waals surface area contributed by atoms with Crippen molar-refractivity contribution in [3.63, 3.8) is 0 Å². The molecule has 0 aromatic carbocycles. The van der Waals surface area contributed by atoms with E-state index < -0.39 is 6.04 Å². The number of nitrogens with two attached hydrogens (primary N) is 1. The molecule has 1 unspecified atom stereocenters. The minimum atomic E-state index is -0.444. The third-order valence-electron chi connectivity index (χ3n) is 2.79. The van der Waals surface area contributed by atoms with Gasteiger partial charge in [-0.05, 0) is 31.7 Å². The lowest BCUT2D eigenvalue weighted by Gasteiger charge is -2.20. The predicted molar refractivity (Wildman–Crippen MR) is 77.5 cm³/mol. The second-order valence-electron chi connectivity index (χ2n) is 5.64.